The van der Waals surface area contributed by atoms with Crippen molar-refractivity contribution in [2.24, 2.45) is 5.41 Å². The second-order valence-electron chi connectivity index (χ2n) is 2.28. The normalized spacial score (nSPS) is 10.2. The van der Waals surface area contributed by atoms with Crippen LogP contribution in [0.2, 0.25) is 0 Å². The first-order valence-electron chi connectivity index (χ1n) is 2.79. The van der Waals surface area contributed by atoms with Gasteiger partial charge >= 0.3 is 11.9 Å². The second kappa shape index (κ2) is 3.01. The van der Waals surface area contributed by atoms with E-state index in [0.29, 0.717) is 0 Å². The van der Waals surface area contributed by atoms with Crippen LogP contribution in [0.25, 0.3) is 0 Å². The summed E-state index contributed by atoms with van der Waals surface area (Å²) in [5.74, 6) is -2.99. The van der Waals surface area contributed by atoms with E-state index in [1.165, 1.54) is 6.07 Å². The van der Waals surface area contributed by atoms with Gasteiger partial charge in [-0.05, 0) is 6.92 Å². The van der Waals surface area contributed by atoms with E-state index in [2.05, 4.69) is 0 Å². The van der Waals surface area contributed by atoms with Crippen molar-refractivity contribution in [1.29, 1.82) is 5.26 Å². The minimum Gasteiger partial charge on any atom is -0.480 e. The van der Waals surface area contributed by atoms with Gasteiger partial charge in [-0.15, -0.1) is 0 Å². The van der Waals surface area contributed by atoms with Gasteiger partial charge in [-0.1, -0.05) is 0 Å². The summed E-state index contributed by atoms with van der Waals surface area (Å²) in [5.41, 5.74) is -1.98. The lowest BCUT2D eigenvalue weighted by Crippen LogP contribution is -2.35. The van der Waals surface area contributed by atoms with Crippen molar-refractivity contribution in [1.82, 2.24) is 0 Å². The molecule has 0 heterocycles. The summed E-state index contributed by atoms with van der Waals surface area (Å²) in [4.78, 5) is 20.6. The highest BCUT2D eigenvalue weighted by molar-refractivity contribution is 5.97. The van der Waals surface area contributed by atoms with E-state index in [9.17, 15) is 9.59 Å². The standard InChI is InChI=1S/C6H7NO4/c1-6(2-3-7,4(8)9)5(10)11/h2H2,1H3,(H,8,9)(H,10,11). The lowest BCUT2D eigenvalue weighted by atomic mass is 9.88. The number of nitriles is 1. The van der Waals surface area contributed by atoms with Crippen molar-refractivity contribution in [2.75, 3.05) is 0 Å². The molecule has 0 aliphatic rings. The molecule has 0 aromatic rings. The molecule has 11 heavy (non-hydrogen) atoms. The molecule has 0 aliphatic heterocycles. The summed E-state index contributed by atoms with van der Waals surface area (Å²) in [6.07, 6.45) is -0.530. The Labute approximate surface area is 62.9 Å². The first-order chi connectivity index (χ1) is 4.95. The van der Waals surface area contributed by atoms with Crippen LogP contribution in [0.4, 0.5) is 0 Å². The Kier molecular flexibility index (Phi) is 2.58. The van der Waals surface area contributed by atoms with Gasteiger partial charge in [-0.2, -0.15) is 5.26 Å². The number of carboxylic acid groups (broad SMARTS) is 2. The van der Waals surface area contributed by atoms with Crippen LogP contribution in [0.15, 0.2) is 0 Å². The van der Waals surface area contributed by atoms with Crippen molar-refractivity contribution in [3.8, 4) is 6.07 Å². The molecule has 0 spiro atoms. The van der Waals surface area contributed by atoms with Gasteiger partial charge in [0.1, 0.15) is 0 Å². The molecular formula is C6H7NO4. The topological polar surface area (TPSA) is 98.4 Å². The first kappa shape index (κ1) is 9.43. The molecule has 5 nitrogen and oxygen atoms in total. The van der Waals surface area contributed by atoms with Crippen LogP contribution in [0, 0.1) is 16.7 Å². The first-order valence-corrected chi connectivity index (χ1v) is 2.79. The molecule has 0 rings (SSSR count). The third-order valence-electron chi connectivity index (χ3n) is 1.38. The molecule has 60 valence electrons. The largest absolute Gasteiger partial charge is 0.480 e. The minimum absolute atomic E-state index is 0.530. The highest BCUT2D eigenvalue weighted by atomic mass is 16.4. The average molecular weight is 157 g/mol. The predicted molar refractivity (Wildman–Crippen MR) is 33.6 cm³/mol. The lowest BCUT2D eigenvalue weighted by Gasteiger charge is -2.14. The van der Waals surface area contributed by atoms with Gasteiger partial charge in [0.2, 0.25) is 0 Å². The average Bonchev–Trinajstić information content (AvgIpc) is 1.87. The van der Waals surface area contributed by atoms with Crippen molar-refractivity contribution < 1.29 is 19.8 Å². The van der Waals surface area contributed by atoms with Crippen molar-refractivity contribution in [3.63, 3.8) is 0 Å². The van der Waals surface area contributed by atoms with Crippen LogP contribution < -0.4 is 0 Å². The molecule has 0 radical (unpaired) electrons. The van der Waals surface area contributed by atoms with Gasteiger partial charge in [0, 0.05) is 0 Å². The molecule has 0 aromatic carbocycles. The van der Waals surface area contributed by atoms with E-state index < -0.39 is 23.8 Å². The summed E-state index contributed by atoms with van der Waals surface area (Å²) in [7, 11) is 0. The van der Waals surface area contributed by atoms with Crippen LogP contribution in [0.5, 0.6) is 0 Å². The van der Waals surface area contributed by atoms with Gasteiger partial charge in [-0.25, -0.2) is 0 Å². The van der Waals surface area contributed by atoms with Crippen LogP contribution in [-0.2, 0) is 9.59 Å². The zero-order valence-corrected chi connectivity index (χ0v) is 5.87. The van der Waals surface area contributed by atoms with Crippen molar-refractivity contribution in [2.45, 2.75) is 13.3 Å². The molecule has 0 atom stereocenters. The number of aliphatic carboxylic acids is 2. The molecular weight excluding hydrogens is 150 g/mol. The molecule has 0 aromatic heterocycles. The van der Waals surface area contributed by atoms with Crippen LogP contribution >= 0.6 is 0 Å². The Morgan fingerprint density at radius 3 is 1.91 bits per heavy atom. The fourth-order valence-electron chi connectivity index (χ4n) is 0.401. The third-order valence-corrected chi connectivity index (χ3v) is 1.38. The third kappa shape index (κ3) is 1.67. The molecule has 5 heteroatoms. The number of hydrogen-bond donors (Lipinski definition) is 2. The molecule has 0 saturated carbocycles. The summed E-state index contributed by atoms with van der Waals surface area (Å²) >= 11 is 0. The fraction of sp³-hybridized carbons (Fsp3) is 0.500. The minimum atomic E-state index is -1.98. The molecule has 0 amide bonds. The SMILES string of the molecule is CC(CC#N)(C(=O)O)C(=O)O. The lowest BCUT2D eigenvalue weighted by molar-refractivity contribution is -0.162. The second-order valence-corrected chi connectivity index (χ2v) is 2.28. The number of carbonyl (C=O) groups is 2. The smallest absolute Gasteiger partial charge is 0.321 e. The Bertz CT molecular complexity index is 213. The predicted octanol–water partition coefficient (Wildman–Crippen LogP) is 0.0756. The maximum absolute atomic E-state index is 10.3. The van der Waals surface area contributed by atoms with E-state index in [1.807, 2.05) is 0 Å². The van der Waals surface area contributed by atoms with Gasteiger partial charge in [-0.3, -0.25) is 9.59 Å². The van der Waals surface area contributed by atoms with E-state index in [-0.39, 0.29) is 0 Å². The summed E-state index contributed by atoms with van der Waals surface area (Å²) in [6.45, 7) is 1.00. The zero-order valence-electron chi connectivity index (χ0n) is 5.87. The van der Waals surface area contributed by atoms with Gasteiger partial charge in [0.25, 0.3) is 0 Å². The van der Waals surface area contributed by atoms with Gasteiger partial charge in [0.05, 0.1) is 12.5 Å². The van der Waals surface area contributed by atoms with Crippen LogP contribution in [0.1, 0.15) is 13.3 Å². The number of carboxylic acids is 2. The van der Waals surface area contributed by atoms with Crippen LogP contribution in [0.3, 0.4) is 0 Å². The maximum Gasteiger partial charge on any atom is 0.321 e. The molecule has 2 N–H and O–H groups in total. The van der Waals surface area contributed by atoms with Gasteiger partial charge in [0.15, 0.2) is 5.41 Å². The zero-order chi connectivity index (χ0) is 9.07. The van der Waals surface area contributed by atoms with E-state index in [1.54, 1.807) is 0 Å². The van der Waals surface area contributed by atoms with E-state index in [4.69, 9.17) is 15.5 Å². The van der Waals surface area contributed by atoms with Crippen molar-refractivity contribution in [3.05, 3.63) is 0 Å². The number of hydrogen-bond acceptors (Lipinski definition) is 3. The van der Waals surface area contributed by atoms with Crippen molar-refractivity contribution >= 4 is 11.9 Å². The van der Waals surface area contributed by atoms with Crippen LogP contribution in [-0.4, -0.2) is 22.2 Å². The summed E-state index contributed by atoms with van der Waals surface area (Å²) in [5, 5.41) is 24.9. The highest BCUT2D eigenvalue weighted by Gasteiger charge is 2.41. The summed E-state index contributed by atoms with van der Waals surface area (Å²) in [6, 6.07) is 1.51. The molecule has 0 unspecified atom stereocenters. The molecule has 0 bridgehead atoms. The quantitative estimate of drug-likeness (QED) is 0.565. The maximum atomic E-state index is 10.3. The molecule has 0 fully saturated rings. The number of rotatable bonds is 3. The highest BCUT2D eigenvalue weighted by Crippen LogP contribution is 2.20. The summed E-state index contributed by atoms with van der Waals surface area (Å²) < 4.78 is 0. The Hall–Kier alpha value is -1.57. The Morgan fingerprint density at radius 2 is 1.82 bits per heavy atom. The monoisotopic (exact) mass is 157 g/mol. The Balaban J connectivity index is 4.70. The Morgan fingerprint density at radius 1 is 1.45 bits per heavy atom. The van der Waals surface area contributed by atoms with E-state index in [0.717, 1.165) is 6.92 Å². The van der Waals surface area contributed by atoms with Gasteiger partial charge < -0.3 is 10.2 Å². The number of nitrogens with zero attached hydrogens (tertiary/aromatic N) is 1. The fourth-order valence-corrected chi connectivity index (χ4v) is 0.401. The molecule has 0 aliphatic carbocycles. The molecule has 0 saturated heterocycles. The van der Waals surface area contributed by atoms with E-state index >= 15 is 0 Å².